The number of phenolic OH excluding ortho intramolecular Hbond substituents is 1. The Morgan fingerprint density at radius 3 is 2.58 bits per heavy atom. The first-order valence-electron chi connectivity index (χ1n) is 6.35. The van der Waals surface area contributed by atoms with Gasteiger partial charge >= 0.3 is 0 Å². The van der Waals surface area contributed by atoms with E-state index in [0.29, 0.717) is 5.75 Å². The number of rotatable bonds is 1. The van der Waals surface area contributed by atoms with Crippen LogP contribution >= 0.6 is 0 Å². The Hall–Kier alpha value is -2.00. The van der Waals surface area contributed by atoms with Gasteiger partial charge in [0.05, 0.1) is 7.11 Å². The third kappa shape index (κ3) is 2.06. The Labute approximate surface area is 113 Å². The molecule has 0 unspecified atom stereocenters. The van der Waals surface area contributed by atoms with E-state index >= 15 is 0 Å². The zero-order valence-electron chi connectivity index (χ0n) is 11.2. The summed E-state index contributed by atoms with van der Waals surface area (Å²) in [4.78, 5) is 2.27. The highest BCUT2D eigenvalue weighted by molar-refractivity contribution is 5.74. The zero-order chi connectivity index (χ0) is 13.4. The fourth-order valence-corrected chi connectivity index (χ4v) is 2.71. The van der Waals surface area contributed by atoms with Crippen molar-refractivity contribution in [2.45, 2.75) is 13.1 Å². The van der Waals surface area contributed by atoms with E-state index in [1.54, 1.807) is 7.11 Å². The molecule has 2 aromatic carbocycles. The Morgan fingerprint density at radius 1 is 1.05 bits per heavy atom. The van der Waals surface area contributed by atoms with E-state index in [1.807, 2.05) is 18.2 Å². The summed E-state index contributed by atoms with van der Waals surface area (Å²) in [6, 6.07) is 12.1. The lowest BCUT2D eigenvalue weighted by Gasteiger charge is -2.15. The van der Waals surface area contributed by atoms with Gasteiger partial charge in [-0.1, -0.05) is 24.3 Å². The maximum absolute atomic E-state index is 10.0. The molecule has 0 saturated heterocycles. The lowest BCUT2D eigenvalue weighted by atomic mass is 9.96. The summed E-state index contributed by atoms with van der Waals surface area (Å²) in [5, 5.41) is 10.0. The molecule has 3 rings (SSSR count). The minimum atomic E-state index is 0.195. The molecular weight excluding hydrogens is 238 g/mol. The van der Waals surface area contributed by atoms with Gasteiger partial charge in [0, 0.05) is 13.1 Å². The van der Waals surface area contributed by atoms with Gasteiger partial charge in [-0.3, -0.25) is 4.90 Å². The first-order chi connectivity index (χ1) is 9.19. The maximum Gasteiger partial charge on any atom is 0.160 e. The number of hydrogen-bond donors (Lipinski definition) is 1. The van der Waals surface area contributed by atoms with E-state index in [0.717, 1.165) is 18.7 Å². The van der Waals surface area contributed by atoms with Gasteiger partial charge < -0.3 is 9.84 Å². The maximum atomic E-state index is 10.0. The van der Waals surface area contributed by atoms with Crippen molar-refractivity contribution in [3.63, 3.8) is 0 Å². The van der Waals surface area contributed by atoms with Gasteiger partial charge in [0.25, 0.3) is 0 Å². The second-order valence-electron chi connectivity index (χ2n) is 5.01. The first-order valence-corrected chi connectivity index (χ1v) is 6.35. The molecule has 3 heteroatoms. The fourth-order valence-electron chi connectivity index (χ4n) is 2.71. The van der Waals surface area contributed by atoms with Crippen molar-refractivity contribution in [3.05, 3.63) is 47.5 Å². The molecule has 0 saturated carbocycles. The van der Waals surface area contributed by atoms with Crippen LogP contribution in [0.2, 0.25) is 0 Å². The van der Waals surface area contributed by atoms with E-state index in [2.05, 4.69) is 30.1 Å². The summed E-state index contributed by atoms with van der Waals surface area (Å²) in [6.45, 7) is 1.76. The molecule has 1 aliphatic heterocycles. The molecule has 1 N–H and O–H groups in total. The molecule has 0 aliphatic carbocycles. The number of aromatic hydroxyl groups is 1. The van der Waals surface area contributed by atoms with Crippen LogP contribution in [-0.2, 0) is 13.1 Å². The van der Waals surface area contributed by atoms with Gasteiger partial charge in [-0.15, -0.1) is 0 Å². The van der Waals surface area contributed by atoms with E-state index in [4.69, 9.17) is 4.74 Å². The predicted octanol–water partition coefficient (Wildman–Crippen LogP) is 3.01. The quantitative estimate of drug-likeness (QED) is 0.850. The molecule has 0 radical (unpaired) electrons. The third-order valence-corrected chi connectivity index (χ3v) is 3.59. The Bertz CT molecular complexity index is 622. The second kappa shape index (κ2) is 4.59. The summed E-state index contributed by atoms with van der Waals surface area (Å²) in [5.74, 6) is 0.729. The van der Waals surface area contributed by atoms with Gasteiger partial charge in [0.1, 0.15) is 0 Å². The minimum absolute atomic E-state index is 0.195. The van der Waals surface area contributed by atoms with Crippen LogP contribution in [0.15, 0.2) is 36.4 Å². The Balaban J connectivity index is 2.25. The van der Waals surface area contributed by atoms with Gasteiger partial charge in [-0.25, -0.2) is 0 Å². The largest absolute Gasteiger partial charge is 0.504 e. The summed E-state index contributed by atoms with van der Waals surface area (Å²) < 4.78 is 5.21. The second-order valence-corrected chi connectivity index (χ2v) is 5.01. The standard InChI is InChI=1S/C16H17NO2/c1-17-9-11-5-3-4-6-13(11)14-8-15(18)16(19-2)7-12(14)10-17/h3-8,18H,9-10H2,1-2H3. The van der Waals surface area contributed by atoms with Crippen LogP contribution in [0.1, 0.15) is 11.1 Å². The minimum Gasteiger partial charge on any atom is -0.504 e. The van der Waals surface area contributed by atoms with Gasteiger partial charge in [-0.05, 0) is 41.4 Å². The summed E-state index contributed by atoms with van der Waals surface area (Å²) in [6.07, 6.45) is 0. The average molecular weight is 255 g/mol. The molecule has 0 bridgehead atoms. The SMILES string of the molecule is COc1cc2c(cc1O)-c1ccccc1CN(C)C2. The number of benzene rings is 2. The molecule has 1 aliphatic rings. The van der Waals surface area contributed by atoms with E-state index < -0.39 is 0 Å². The van der Waals surface area contributed by atoms with Crippen LogP contribution in [0.3, 0.4) is 0 Å². The average Bonchev–Trinajstić information content (AvgIpc) is 2.53. The topological polar surface area (TPSA) is 32.7 Å². The highest BCUT2D eigenvalue weighted by Crippen LogP contribution is 2.38. The molecule has 0 aromatic heterocycles. The molecule has 0 spiro atoms. The smallest absolute Gasteiger partial charge is 0.160 e. The van der Waals surface area contributed by atoms with Gasteiger partial charge in [0.2, 0.25) is 0 Å². The summed E-state index contributed by atoms with van der Waals surface area (Å²) >= 11 is 0. The molecular formula is C16H17NO2. The van der Waals surface area contributed by atoms with E-state index in [9.17, 15) is 5.11 Å². The fraction of sp³-hybridized carbons (Fsp3) is 0.250. The predicted molar refractivity (Wildman–Crippen MR) is 75.3 cm³/mol. The van der Waals surface area contributed by atoms with Crippen molar-refractivity contribution in [1.82, 2.24) is 4.90 Å². The van der Waals surface area contributed by atoms with Crippen molar-refractivity contribution in [2.75, 3.05) is 14.2 Å². The number of nitrogens with zero attached hydrogens (tertiary/aromatic N) is 1. The van der Waals surface area contributed by atoms with Crippen LogP contribution in [-0.4, -0.2) is 24.2 Å². The van der Waals surface area contributed by atoms with Crippen molar-refractivity contribution in [1.29, 1.82) is 0 Å². The lowest BCUT2D eigenvalue weighted by Crippen LogP contribution is -2.15. The van der Waals surface area contributed by atoms with Crippen molar-refractivity contribution in [3.8, 4) is 22.6 Å². The van der Waals surface area contributed by atoms with Crippen LogP contribution < -0.4 is 4.74 Å². The highest BCUT2D eigenvalue weighted by atomic mass is 16.5. The number of methoxy groups -OCH3 is 1. The first kappa shape index (κ1) is 12.1. The van der Waals surface area contributed by atoms with Crippen LogP contribution in [0.5, 0.6) is 11.5 Å². The third-order valence-electron chi connectivity index (χ3n) is 3.59. The normalized spacial score (nSPS) is 14.4. The van der Waals surface area contributed by atoms with E-state index in [1.165, 1.54) is 16.7 Å². The summed E-state index contributed by atoms with van der Waals surface area (Å²) in [5.41, 5.74) is 4.76. The van der Waals surface area contributed by atoms with Crippen molar-refractivity contribution >= 4 is 0 Å². The van der Waals surface area contributed by atoms with Crippen LogP contribution in [0.4, 0.5) is 0 Å². The molecule has 0 fully saturated rings. The van der Waals surface area contributed by atoms with Crippen molar-refractivity contribution < 1.29 is 9.84 Å². The summed E-state index contributed by atoms with van der Waals surface area (Å²) in [7, 11) is 3.68. The molecule has 0 atom stereocenters. The van der Waals surface area contributed by atoms with Gasteiger partial charge in [0.15, 0.2) is 11.5 Å². The zero-order valence-corrected chi connectivity index (χ0v) is 11.2. The highest BCUT2D eigenvalue weighted by Gasteiger charge is 2.19. The number of hydrogen-bond acceptors (Lipinski definition) is 3. The monoisotopic (exact) mass is 255 g/mol. The molecule has 2 aromatic rings. The van der Waals surface area contributed by atoms with Crippen molar-refractivity contribution in [2.24, 2.45) is 0 Å². The molecule has 19 heavy (non-hydrogen) atoms. The van der Waals surface area contributed by atoms with Crippen LogP contribution in [0.25, 0.3) is 11.1 Å². The molecule has 0 amide bonds. The van der Waals surface area contributed by atoms with Crippen LogP contribution in [0, 0.1) is 0 Å². The lowest BCUT2D eigenvalue weighted by molar-refractivity contribution is 0.321. The molecule has 98 valence electrons. The Kier molecular flexibility index (Phi) is 2.91. The molecule has 1 heterocycles. The Morgan fingerprint density at radius 2 is 1.79 bits per heavy atom. The number of phenols is 1. The number of ether oxygens (including phenoxy) is 1. The molecule has 3 nitrogen and oxygen atoms in total. The van der Waals surface area contributed by atoms with E-state index in [-0.39, 0.29) is 5.75 Å². The number of fused-ring (bicyclic) bond motifs is 3. The van der Waals surface area contributed by atoms with Gasteiger partial charge in [-0.2, -0.15) is 0 Å².